The van der Waals surface area contributed by atoms with Gasteiger partial charge in [-0.15, -0.1) is 0 Å². The predicted octanol–water partition coefficient (Wildman–Crippen LogP) is 3.44. The molecule has 1 unspecified atom stereocenters. The fourth-order valence-corrected chi connectivity index (χ4v) is 5.14. The van der Waals surface area contributed by atoms with Crippen LogP contribution in [0.5, 0.6) is 0 Å². The largest absolute Gasteiger partial charge is 0.360 e. The second-order valence-electron chi connectivity index (χ2n) is 9.47. The quantitative estimate of drug-likeness (QED) is 0.794. The van der Waals surface area contributed by atoms with E-state index in [1.165, 1.54) is 0 Å². The Bertz CT molecular complexity index is 741. The molecule has 2 saturated heterocycles. The molecule has 1 aromatic rings. The van der Waals surface area contributed by atoms with Crippen LogP contribution in [0.1, 0.15) is 80.6 Å². The molecule has 0 aromatic carbocycles. The van der Waals surface area contributed by atoms with Gasteiger partial charge in [0.15, 0.2) is 5.69 Å². The number of carbonyl (C=O) groups excluding carboxylic acids is 2. The molecule has 1 spiro atoms. The lowest BCUT2D eigenvalue weighted by molar-refractivity contribution is -0.139. The van der Waals surface area contributed by atoms with Crippen molar-refractivity contribution in [2.24, 2.45) is 11.3 Å². The number of hydrogen-bond donors (Lipinski definition) is 0. The smallest absolute Gasteiger partial charge is 0.276 e. The van der Waals surface area contributed by atoms with Gasteiger partial charge in [-0.3, -0.25) is 9.59 Å². The fourth-order valence-electron chi connectivity index (χ4n) is 5.14. The fraction of sp³-hybridized carbons (Fsp3) is 0.773. The van der Waals surface area contributed by atoms with Crippen molar-refractivity contribution in [3.8, 4) is 0 Å². The lowest BCUT2D eigenvalue weighted by Gasteiger charge is -2.48. The Morgan fingerprint density at radius 3 is 2.79 bits per heavy atom. The van der Waals surface area contributed by atoms with Gasteiger partial charge in [0.2, 0.25) is 5.91 Å². The molecule has 4 rings (SSSR count). The van der Waals surface area contributed by atoms with Crippen LogP contribution in [-0.2, 0) is 17.6 Å². The van der Waals surface area contributed by atoms with E-state index in [0.717, 1.165) is 88.9 Å². The molecule has 6 nitrogen and oxygen atoms in total. The first kappa shape index (κ1) is 19.5. The minimum absolute atomic E-state index is 0.0246. The average molecular weight is 388 g/mol. The summed E-state index contributed by atoms with van der Waals surface area (Å²) in [5.41, 5.74) is 1.62. The van der Waals surface area contributed by atoms with E-state index in [1.54, 1.807) is 0 Å². The van der Waals surface area contributed by atoms with Crippen LogP contribution in [0.15, 0.2) is 4.52 Å². The summed E-state index contributed by atoms with van der Waals surface area (Å²) in [5.74, 6) is 1.80. The highest BCUT2D eigenvalue weighted by Gasteiger charge is 2.43. The van der Waals surface area contributed by atoms with Gasteiger partial charge in [-0.2, -0.15) is 0 Å². The van der Waals surface area contributed by atoms with Crippen LogP contribution in [0.3, 0.4) is 0 Å². The van der Waals surface area contributed by atoms with E-state index in [-0.39, 0.29) is 17.2 Å². The van der Waals surface area contributed by atoms with E-state index in [4.69, 9.17) is 4.52 Å². The van der Waals surface area contributed by atoms with Crippen molar-refractivity contribution in [3.05, 3.63) is 17.0 Å². The van der Waals surface area contributed by atoms with E-state index in [1.807, 2.05) is 4.90 Å². The van der Waals surface area contributed by atoms with E-state index in [9.17, 15) is 9.59 Å². The highest BCUT2D eigenvalue weighted by molar-refractivity contribution is 5.94. The molecule has 3 heterocycles. The van der Waals surface area contributed by atoms with Gasteiger partial charge in [-0.25, -0.2) is 0 Å². The molecule has 0 N–H and O–H groups in total. The third-order valence-electron chi connectivity index (χ3n) is 6.83. The molecule has 1 atom stereocenters. The van der Waals surface area contributed by atoms with Gasteiger partial charge in [-0.05, 0) is 50.9 Å². The van der Waals surface area contributed by atoms with Gasteiger partial charge in [0, 0.05) is 50.0 Å². The Balaban J connectivity index is 1.47. The summed E-state index contributed by atoms with van der Waals surface area (Å²) in [6, 6.07) is 0. The first-order chi connectivity index (χ1) is 13.5. The maximum Gasteiger partial charge on any atom is 0.276 e. The van der Waals surface area contributed by atoms with Gasteiger partial charge < -0.3 is 14.3 Å². The van der Waals surface area contributed by atoms with Crippen molar-refractivity contribution in [2.45, 2.75) is 71.6 Å². The second-order valence-corrected chi connectivity index (χ2v) is 9.47. The maximum atomic E-state index is 13.2. The monoisotopic (exact) mass is 387 g/mol. The number of likely N-dealkylation sites (tertiary alicyclic amines) is 2. The van der Waals surface area contributed by atoms with E-state index >= 15 is 0 Å². The van der Waals surface area contributed by atoms with Crippen molar-refractivity contribution in [1.82, 2.24) is 15.0 Å². The zero-order valence-electron chi connectivity index (χ0n) is 17.3. The number of hydrogen-bond acceptors (Lipinski definition) is 4. The first-order valence-electron chi connectivity index (χ1n) is 11.0. The first-order valence-corrected chi connectivity index (χ1v) is 11.0. The molecule has 2 amide bonds. The topological polar surface area (TPSA) is 66.7 Å². The van der Waals surface area contributed by atoms with Crippen LogP contribution in [0.25, 0.3) is 0 Å². The van der Waals surface area contributed by atoms with Gasteiger partial charge >= 0.3 is 0 Å². The number of aromatic nitrogens is 1. The molecule has 0 saturated carbocycles. The number of rotatable bonds is 4. The minimum atomic E-state index is 0.0246. The summed E-state index contributed by atoms with van der Waals surface area (Å²) in [4.78, 5) is 29.7. The number of fused-ring (bicyclic) bond motifs is 1. The Kier molecular flexibility index (Phi) is 5.48. The van der Waals surface area contributed by atoms with Crippen LogP contribution in [0, 0.1) is 11.3 Å². The predicted molar refractivity (Wildman–Crippen MR) is 106 cm³/mol. The molecule has 154 valence electrons. The molecular formula is C22H33N3O3. The van der Waals surface area contributed by atoms with Crippen LogP contribution in [-0.4, -0.2) is 52.9 Å². The summed E-state index contributed by atoms with van der Waals surface area (Å²) in [7, 11) is 0. The van der Waals surface area contributed by atoms with Crippen molar-refractivity contribution in [2.75, 3.05) is 26.2 Å². The lowest BCUT2D eigenvalue weighted by Crippen LogP contribution is -2.55. The molecule has 1 aromatic heterocycles. The molecule has 2 fully saturated rings. The number of piperidine rings is 2. The third kappa shape index (κ3) is 3.83. The molecule has 1 aliphatic carbocycles. The van der Waals surface area contributed by atoms with Crippen molar-refractivity contribution < 1.29 is 14.1 Å². The van der Waals surface area contributed by atoms with Crippen LogP contribution >= 0.6 is 0 Å². The van der Waals surface area contributed by atoms with Crippen molar-refractivity contribution in [3.63, 3.8) is 0 Å². The zero-order chi connectivity index (χ0) is 19.7. The number of carbonyl (C=O) groups is 2. The van der Waals surface area contributed by atoms with Crippen LogP contribution in [0.2, 0.25) is 0 Å². The Morgan fingerprint density at radius 2 is 1.96 bits per heavy atom. The van der Waals surface area contributed by atoms with E-state index in [0.29, 0.717) is 18.0 Å². The zero-order valence-corrected chi connectivity index (χ0v) is 17.3. The van der Waals surface area contributed by atoms with Gasteiger partial charge in [-0.1, -0.05) is 19.0 Å². The molecule has 0 bridgehead atoms. The molecule has 2 aliphatic heterocycles. The summed E-state index contributed by atoms with van der Waals surface area (Å²) < 4.78 is 5.47. The van der Waals surface area contributed by atoms with Gasteiger partial charge in [0.05, 0.1) is 0 Å². The summed E-state index contributed by atoms with van der Waals surface area (Å²) in [6.45, 7) is 7.54. The summed E-state index contributed by atoms with van der Waals surface area (Å²) in [5, 5.41) is 4.15. The minimum Gasteiger partial charge on any atom is -0.360 e. The number of nitrogens with zero attached hydrogens (tertiary/aromatic N) is 3. The summed E-state index contributed by atoms with van der Waals surface area (Å²) in [6.07, 6.45) is 8.65. The molecule has 3 aliphatic rings. The Labute approximate surface area is 167 Å². The van der Waals surface area contributed by atoms with Gasteiger partial charge in [0.1, 0.15) is 5.76 Å². The number of aryl methyl sites for hydroxylation is 1. The second kappa shape index (κ2) is 7.88. The standard InChI is InChI=1S/C22H33N3O3/c1-16(2)9-13-24-14-22(11-8-19(24)26)10-5-12-25(15-22)21(27)20-17-6-3-4-7-18(17)28-23-20/h16H,3-15H2,1-2H3. The number of amides is 2. The summed E-state index contributed by atoms with van der Waals surface area (Å²) >= 11 is 0. The normalized spacial score (nSPS) is 25.5. The molecular weight excluding hydrogens is 354 g/mol. The third-order valence-corrected chi connectivity index (χ3v) is 6.83. The highest BCUT2D eigenvalue weighted by atomic mass is 16.5. The molecule has 6 heteroatoms. The van der Waals surface area contributed by atoms with Crippen LogP contribution in [0.4, 0.5) is 0 Å². The average Bonchev–Trinajstić information content (AvgIpc) is 3.12. The lowest BCUT2D eigenvalue weighted by atomic mass is 9.73. The Morgan fingerprint density at radius 1 is 1.14 bits per heavy atom. The van der Waals surface area contributed by atoms with Crippen LogP contribution < -0.4 is 0 Å². The van der Waals surface area contributed by atoms with Crippen molar-refractivity contribution >= 4 is 11.8 Å². The SMILES string of the molecule is CC(C)CCN1CC2(CCCN(C(=O)c3noc4c3CCCC4)C2)CCC1=O. The molecule has 28 heavy (non-hydrogen) atoms. The van der Waals surface area contributed by atoms with E-state index in [2.05, 4.69) is 23.9 Å². The Hall–Kier alpha value is -1.85. The maximum absolute atomic E-state index is 13.2. The molecule has 0 radical (unpaired) electrons. The van der Waals surface area contributed by atoms with Gasteiger partial charge in [0.25, 0.3) is 5.91 Å². The van der Waals surface area contributed by atoms with Crippen molar-refractivity contribution in [1.29, 1.82) is 0 Å². The highest BCUT2D eigenvalue weighted by Crippen LogP contribution is 2.39. The van der Waals surface area contributed by atoms with E-state index < -0.39 is 0 Å².